The van der Waals surface area contributed by atoms with Crippen LogP contribution in [0.5, 0.6) is 11.5 Å². The fraction of sp³-hybridized carbons (Fsp3) is 0.367. The number of hydrogen-bond acceptors (Lipinski definition) is 9. The molecular formula is C30H39N7O7. The standard InChI is InChI=1S/C30H39N7O7/c31-12-2-1-3-24(30(43)44)35-28(41)26(14-19-6-10-22(39)11-7-19)37-29(42)25(13-18-4-8-21(38)9-5-18)36-27(40)23(32)15-20-16-33-17-34-20/h4-11,16-17,23-26,38-39H,1-3,12-15,31-32H2,(H,33,34)(H,35,41)(H,36,40)(H,37,42)(H,43,44). The molecule has 14 heteroatoms. The van der Waals surface area contributed by atoms with Gasteiger partial charge in [-0.25, -0.2) is 9.78 Å². The van der Waals surface area contributed by atoms with E-state index in [0.717, 1.165) is 0 Å². The highest BCUT2D eigenvalue weighted by molar-refractivity contribution is 5.94. The Morgan fingerprint density at radius 1 is 0.750 bits per heavy atom. The number of nitrogens with zero attached hydrogens (tertiary/aromatic N) is 1. The first-order chi connectivity index (χ1) is 21.0. The second kappa shape index (κ2) is 16.6. The number of unbranched alkanes of at least 4 members (excludes halogenated alkanes) is 1. The highest BCUT2D eigenvalue weighted by Gasteiger charge is 2.31. The van der Waals surface area contributed by atoms with Gasteiger partial charge in [-0.15, -0.1) is 0 Å². The first-order valence-corrected chi connectivity index (χ1v) is 14.2. The maximum Gasteiger partial charge on any atom is 0.326 e. The largest absolute Gasteiger partial charge is 0.508 e. The van der Waals surface area contributed by atoms with Gasteiger partial charge in [0.25, 0.3) is 0 Å². The number of benzene rings is 2. The predicted octanol–water partition coefficient (Wildman–Crippen LogP) is -0.156. The van der Waals surface area contributed by atoms with Crippen molar-refractivity contribution in [3.63, 3.8) is 0 Å². The van der Waals surface area contributed by atoms with Gasteiger partial charge >= 0.3 is 5.97 Å². The molecule has 14 nitrogen and oxygen atoms in total. The lowest BCUT2D eigenvalue weighted by molar-refractivity contribution is -0.142. The van der Waals surface area contributed by atoms with E-state index in [4.69, 9.17) is 11.5 Å². The topological polar surface area (TPSA) is 246 Å². The summed E-state index contributed by atoms with van der Waals surface area (Å²) in [5, 5.41) is 36.9. The average molecular weight is 610 g/mol. The Hall–Kier alpha value is -4.95. The number of imidazole rings is 1. The second-order valence-corrected chi connectivity index (χ2v) is 10.4. The van der Waals surface area contributed by atoms with Crippen molar-refractivity contribution in [2.45, 2.75) is 62.7 Å². The zero-order valence-electron chi connectivity index (χ0n) is 24.1. The Morgan fingerprint density at radius 2 is 1.25 bits per heavy atom. The molecule has 44 heavy (non-hydrogen) atoms. The number of phenolic OH excluding ortho intramolecular Hbond substituents is 2. The van der Waals surface area contributed by atoms with E-state index < -0.39 is 47.9 Å². The monoisotopic (exact) mass is 609 g/mol. The SMILES string of the molecule is NCCCCC(NC(=O)C(Cc1ccc(O)cc1)NC(=O)C(Cc1ccc(O)cc1)NC(=O)C(N)Cc1cnc[nH]1)C(=O)O. The van der Waals surface area contributed by atoms with Gasteiger partial charge in [-0.05, 0) is 61.2 Å². The number of carboxylic acid groups (broad SMARTS) is 1. The van der Waals surface area contributed by atoms with E-state index in [1.54, 1.807) is 24.3 Å². The summed E-state index contributed by atoms with van der Waals surface area (Å²) in [4.78, 5) is 58.8. The zero-order chi connectivity index (χ0) is 32.1. The first kappa shape index (κ1) is 33.6. The van der Waals surface area contributed by atoms with Crippen LogP contribution in [0.4, 0.5) is 0 Å². The van der Waals surface area contributed by atoms with Gasteiger partial charge in [0.2, 0.25) is 17.7 Å². The van der Waals surface area contributed by atoms with Crippen molar-refractivity contribution < 1.29 is 34.5 Å². The van der Waals surface area contributed by atoms with E-state index >= 15 is 0 Å². The summed E-state index contributed by atoms with van der Waals surface area (Å²) in [5.41, 5.74) is 13.4. The molecule has 0 aliphatic heterocycles. The van der Waals surface area contributed by atoms with Gasteiger partial charge in [-0.1, -0.05) is 24.3 Å². The van der Waals surface area contributed by atoms with Gasteiger partial charge in [-0.2, -0.15) is 0 Å². The van der Waals surface area contributed by atoms with Crippen molar-refractivity contribution in [1.29, 1.82) is 0 Å². The molecule has 0 bridgehead atoms. The average Bonchev–Trinajstić information content (AvgIpc) is 3.51. The van der Waals surface area contributed by atoms with Crippen molar-refractivity contribution >= 4 is 23.7 Å². The number of nitrogens with one attached hydrogen (secondary N) is 4. The Morgan fingerprint density at radius 3 is 1.70 bits per heavy atom. The van der Waals surface area contributed by atoms with Crippen molar-refractivity contribution in [1.82, 2.24) is 25.9 Å². The van der Waals surface area contributed by atoms with E-state index in [1.165, 1.54) is 36.8 Å². The van der Waals surface area contributed by atoms with E-state index in [2.05, 4.69) is 25.9 Å². The van der Waals surface area contributed by atoms with Crippen LogP contribution < -0.4 is 27.4 Å². The van der Waals surface area contributed by atoms with Crippen LogP contribution in [0.3, 0.4) is 0 Å². The molecule has 0 saturated heterocycles. The molecule has 0 aliphatic carbocycles. The lowest BCUT2D eigenvalue weighted by Crippen LogP contribution is -2.58. The Balaban J connectivity index is 1.83. The molecule has 3 aromatic rings. The number of aromatic nitrogens is 2. The number of aliphatic carboxylic acids is 1. The highest BCUT2D eigenvalue weighted by atomic mass is 16.4. The molecule has 1 heterocycles. The normalized spacial score (nSPS) is 13.7. The molecule has 4 unspecified atom stereocenters. The lowest BCUT2D eigenvalue weighted by Gasteiger charge is -2.25. The summed E-state index contributed by atoms with van der Waals surface area (Å²) >= 11 is 0. The molecule has 11 N–H and O–H groups in total. The quantitative estimate of drug-likeness (QED) is 0.0915. The van der Waals surface area contributed by atoms with Crippen molar-refractivity contribution in [3.05, 3.63) is 77.9 Å². The van der Waals surface area contributed by atoms with Gasteiger partial charge < -0.3 is 47.7 Å². The van der Waals surface area contributed by atoms with Crippen LogP contribution in [0.25, 0.3) is 0 Å². The number of aromatic amines is 1. The van der Waals surface area contributed by atoms with Gasteiger partial charge in [-0.3, -0.25) is 14.4 Å². The minimum absolute atomic E-state index is 0.000973. The summed E-state index contributed by atoms with van der Waals surface area (Å²) < 4.78 is 0. The van der Waals surface area contributed by atoms with E-state index in [1.807, 2.05) is 0 Å². The molecule has 0 aliphatic rings. The van der Waals surface area contributed by atoms with Crippen LogP contribution in [0.15, 0.2) is 61.1 Å². The molecule has 4 atom stereocenters. The molecule has 0 spiro atoms. The van der Waals surface area contributed by atoms with Crippen LogP contribution in [-0.4, -0.2) is 79.7 Å². The van der Waals surface area contributed by atoms with Crippen molar-refractivity contribution in [3.8, 4) is 11.5 Å². The summed E-state index contributed by atoms with van der Waals surface area (Å²) in [6.45, 7) is 0.375. The fourth-order valence-electron chi connectivity index (χ4n) is 4.45. The third kappa shape index (κ3) is 10.7. The van der Waals surface area contributed by atoms with Gasteiger partial charge in [0.15, 0.2) is 0 Å². The number of hydrogen-bond donors (Lipinski definition) is 9. The number of aromatic hydroxyl groups is 2. The molecule has 236 valence electrons. The van der Waals surface area contributed by atoms with Crippen LogP contribution in [0, 0.1) is 0 Å². The smallest absolute Gasteiger partial charge is 0.326 e. The highest BCUT2D eigenvalue weighted by Crippen LogP contribution is 2.14. The van der Waals surface area contributed by atoms with Crippen LogP contribution in [0.1, 0.15) is 36.1 Å². The number of rotatable bonds is 17. The van der Waals surface area contributed by atoms with Gasteiger partial charge in [0, 0.05) is 31.2 Å². The minimum Gasteiger partial charge on any atom is -0.508 e. The molecule has 0 saturated carbocycles. The summed E-state index contributed by atoms with van der Waals surface area (Å²) in [6.07, 6.45) is 4.27. The van der Waals surface area contributed by atoms with E-state index in [9.17, 15) is 34.5 Å². The number of amides is 3. The maximum absolute atomic E-state index is 13.7. The molecule has 3 amide bonds. The summed E-state index contributed by atoms with van der Waals surface area (Å²) in [5.74, 6) is -3.28. The fourth-order valence-corrected chi connectivity index (χ4v) is 4.45. The van der Waals surface area contributed by atoms with Gasteiger partial charge in [0.05, 0.1) is 12.4 Å². The molecule has 3 rings (SSSR count). The van der Waals surface area contributed by atoms with E-state index in [0.29, 0.717) is 36.2 Å². The molecule has 2 aromatic carbocycles. The Labute approximate surface area is 254 Å². The zero-order valence-corrected chi connectivity index (χ0v) is 24.1. The molecular weight excluding hydrogens is 570 g/mol. The predicted molar refractivity (Wildman–Crippen MR) is 160 cm³/mol. The van der Waals surface area contributed by atoms with Crippen molar-refractivity contribution in [2.75, 3.05) is 6.54 Å². The molecule has 0 radical (unpaired) electrons. The van der Waals surface area contributed by atoms with Gasteiger partial charge in [0.1, 0.15) is 29.6 Å². The molecule has 0 fully saturated rings. The number of nitrogens with two attached hydrogens (primary N) is 2. The van der Waals surface area contributed by atoms with Crippen LogP contribution >= 0.6 is 0 Å². The second-order valence-electron chi connectivity index (χ2n) is 10.4. The number of carboxylic acids is 1. The third-order valence-electron chi connectivity index (χ3n) is 6.91. The van der Waals surface area contributed by atoms with Crippen molar-refractivity contribution in [2.24, 2.45) is 11.5 Å². The molecule has 1 aromatic heterocycles. The first-order valence-electron chi connectivity index (χ1n) is 14.2. The van der Waals surface area contributed by atoms with Crippen LogP contribution in [0.2, 0.25) is 0 Å². The Kier molecular flexibility index (Phi) is 12.7. The van der Waals surface area contributed by atoms with Crippen LogP contribution in [-0.2, 0) is 38.4 Å². The number of H-pyrrole nitrogens is 1. The Bertz CT molecular complexity index is 1370. The number of phenols is 2. The third-order valence-corrected chi connectivity index (χ3v) is 6.91. The summed E-state index contributed by atoms with van der Waals surface area (Å²) in [7, 11) is 0. The number of carbonyl (C=O) groups excluding carboxylic acids is 3. The minimum atomic E-state index is -1.23. The van der Waals surface area contributed by atoms with E-state index in [-0.39, 0.29) is 37.2 Å². The summed E-state index contributed by atoms with van der Waals surface area (Å²) in [6, 6.07) is 7.40. The lowest BCUT2D eigenvalue weighted by atomic mass is 10.0. The maximum atomic E-state index is 13.7. The number of carbonyl (C=O) groups is 4.